The van der Waals surface area contributed by atoms with Crippen LogP contribution in [0.1, 0.15) is 42.7 Å². The summed E-state index contributed by atoms with van der Waals surface area (Å²) in [6.07, 6.45) is 3.38. The molecule has 0 aromatic carbocycles. The molecule has 1 aliphatic heterocycles. The number of rotatable bonds is 5. The van der Waals surface area contributed by atoms with E-state index >= 15 is 0 Å². The Morgan fingerprint density at radius 2 is 1.90 bits per heavy atom. The standard InChI is InChI=1S/C14H23N3O3S/c1-10-14(11(2)20-15-10)9-17-7-5-12(6-8-17)16-21(18,19)13-3-4-13/h12-13,16H,3-9H2,1-2H3. The molecule has 1 saturated carbocycles. The number of nitrogens with zero attached hydrogens (tertiary/aromatic N) is 2. The number of aryl methyl sites for hydroxylation is 2. The molecular formula is C14H23N3O3S. The van der Waals surface area contributed by atoms with Crippen LogP contribution < -0.4 is 4.72 Å². The van der Waals surface area contributed by atoms with E-state index < -0.39 is 10.0 Å². The van der Waals surface area contributed by atoms with Crippen molar-refractivity contribution in [3.8, 4) is 0 Å². The van der Waals surface area contributed by atoms with Crippen LogP contribution in [0.3, 0.4) is 0 Å². The average molecular weight is 313 g/mol. The molecule has 1 aliphatic carbocycles. The topological polar surface area (TPSA) is 75.4 Å². The zero-order valence-electron chi connectivity index (χ0n) is 12.6. The van der Waals surface area contributed by atoms with Gasteiger partial charge >= 0.3 is 0 Å². The van der Waals surface area contributed by atoms with Crippen molar-refractivity contribution < 1.29 is 12.9 Å². The first-order chi connectivity index (χ1) is 9.95. The summed E-state index contributed by atoms with van der Waals surface area (Å²) in [6, 6.07) is 0.0940. The lowest BCUT2D eigenvalue weighted by atomic mass is 10.1. The van der Waals surface area contributed by atoms with Crippen LogP contribution in [-0.2, 0) is 16.6 Å². The fourth-order valence-electron chi connectivity index (χ4n) is 2.87. The lowest BCUT2D eigenvalue weighted by Gasteiger charge is -2.32. The molecule has 2 fully saturated rings. The average Bonchev–Trinajstić information content (AvgIpc) is 3.24. The number of hydrogen-bond acceptors (Lipinski definition) is 5. The van der Waals surface area contributed by atoms with Crippen molar-refractivity contribution in [1.29, 1.82) is 0 Å². The minimum absolute atomic E-state index is 0.0940. The van der Waals surface area contributed by atoms with Crippen LogP contribution in [0.5, 0.6) is 0 Å². The van der Waals surface area contributed by atoms with Gasteiger partial charge in [-0.2, -0.15) is 0 Å². The molecule has 2 aliphatic rings. The van der Waals surface area contributed by atoms with Gasteiger partial charge in [-0.15, -0.1) is 0 Å². The van der Waals surface area contributed by atoms with E-state index in [1.807, 2.05) is 13.8 Å². The van der Waals surface area contributed by atoms with E-state index in [1.165, 1.54) is 0 Å². The molecule has 1 saturated heterocycles. The molecule has 0 spiro atoms. The van der Waals surface area contributed by atoms with Crippen molar-refractivity contribution in [1.82, 2.24) is 14.8 Å². The van der Waals surface area contributed by atoms with Crippen LogP contribution >= 0.6 is 0 Å². The number of piperidine rings is 1. The largest absolute Gasteiger partial charge is 0.361 e. The second kappa shape index (κ2) is 5.70. The normalized spacial score (nSPS) is 21.8. The SMILES string of the molecule is Cc1noc(C)c1CN1CCC(NS(=O)(=O)C2CC2)CC1. The van der Waals surface area contributed by atoms with Gasteiger partial charge in [0.2, 0.25) is 10.0 Å². The third kappa shape index (κ3) is 3.46. The van der Waals surface area contributed by atoms with E-state index in [9.17, 15) is 8.42 Å². The van der Waals surface area contributed by atoms with Gasteiger partial charge in [-0.3, -0.25) is 4.90 Å². The molecular weight excluding hydrogens is 290 g/mol. The molecule has 1 N–H and O–H groups in total. The number of sulfonamides is 1. The van der Waals surface area contributed by atoms with Crippen LogP contribution in [0.15, 0.2) is 4.52 Å². The second-order valence-corrected chi connectivity index (χ2v) is 8.21. The Hall–Kier alpha value is -0.920. The summed E-state index contributed by atoms with van der Waals surface area (Å²) in [5, 5.41) is 3.85. The van der Waals surface area contributed by atoms with Crippen molar-refractivity contribution in [2.75, 3.05) is 13.1 Å². The van der Waals surface area contributed by atoms with Crippen molar-refractivity contribution >= 4 is 10.0 Å². The molecule has 2 heterocycles. The van der Waals surface area contributed by atoms with E-state index in [-0.39, 0.29) is 11.3 Å². The molecule has 7 heteroatoms. The summed E-state index contributed by atoms with van der Waals surface area (Å²) in [5.74, 6) is 0.879. The van der Waals surface area contributed by atoms with E-state index in [2.05, 4.69) is 14.8 Å². The minimum atomic E-state index is -3.06. The summed E-state index contributed by atoms with van der Waals surface area (Å²) in [6.45, 7) is 6.54. The molecule has 3 rings (SSSR count). The summed E-state index contributed by atoms with van der Waals surface area (Å²) in [5.41, 5.74) is 2.11. The molecule has 0 amide bonds. The maximum absolute atomic E-state index is 11.9. The fraction of sp³-hybridized carbons (Fsp3) is 0.786. The Labute approximate surface area is 125 Å². The quantitative estimate of drug-likeness (QED) is 0.888. The van der Waals surface area contributed by atoms with Crippen LogP contribution in [0.4, 0.5) is 0 Å². The maximum Gasteiger partial charge on any atom is 0.214 e. The summed E-state index contributed by atoms with van der Waals surface area (Å²) in [4.78, 5) is 2.34. The van der Waals surface area contributed by atoms with Crippen molar-refractivity contribution in [3.63, 3.8) is 0 Å². The Bertz CT molecular complexity index is 579. The van der Waals surface area contributed by atoms with Crippen LogP contribution in [0, 0.1) is 13.8 Å². The van der Waals surface area contributed by atoms with Crippen LogP contribution in [0.25, 0.3) is 0 Å². The van der Waals surface area contributed by atoms with Gasteiger partial charge in [-0.25, -0.2) is 13.1 Å². The molecule has 0 radical (unpaired) electrons. The van der Waals surface area contributed by atoms with Gasteiger partial charge in [-0.05, 0) is 39.5 Å². The van der Waals surface area contributed by atoms with Crippen molar-refractivity contribution in [3.05, 3.63) is 17.0 Å². The Morgan fingerprint density at radius 1 is 1.24 bits per heavy atom. The van der Waals surface area contributed by atoms with E-state index in [4.69, 9.17) is 4.52 Å². The third-order valence-corrected chi connectivity index (χ3v) is 6.46. The van der Waals surface area contributed by atoms with Gasteiger partial charge in [0.1, 0.15) is 5.76 Å². The molecule has 21 heavy (non-hydrogen) atoms. The predicted molar refractivity (Wildman–Crippen MR) is 79.4 cm³/mol. The summed E-state index contributed by atoms with van der Waals surface area (Å²) < 4.78 is 31.9. The number of nitrogens with one attached hydrogen (secondary N) is 1. The number of aromatic nitrogens is 1. The summed E-state index contributed by atoms with van der Waals surface area (Å²) in [7, 11) is -3.06. The molecule has 6 nitrogen and oxygen atoms in total. The van der Waals surface area contributed by atoms with Crippen LogP contribution in [0.2, 0.25) is 0 Å². The molecule has 0 unspecified atom stereocenters. The fourth-order valence-corrected chi connectivity index (χ4v) is 4.52. The van der Waals surface area contributed by atoms with Gasteiger partial charge in [0.05, 0.1) is 10.9 Å². The number of likely N-dealkylation sites (tertiary alicyclic amines) is 1. The first kappa shape index (κ1) is 15.0. The van der Waals surface area contributed by atoms with Gasteiger partial charge < -0.3 is 4.52 Å². The highest BCUT2D eigenvalue weighted by atomic mass is 32.2. The summed E-state index contributed by atoms with van der Waals surface area (Å²) >= 11 is 0. The monoisotopic (exact) mass is 313 g/mol. The molecule has 0 bridgehead atoms. The second-order valence-electron chi connectivity index (χ2n) is 6.22. The highest BCUT2D eigenvalue weighted by Gasteiger charge is 2.37. The number of hydrogen-bond donors (Lipinski definition) is 1. The first-order valence-corrected chi connectivity index (χ1v) is 9.15. The van der Waals surface area contributed by atoms with E-state index in [0.29, 0.717) is 0 Å². The van der Waals surface area contributed by atoms with Crippen LogP contribution in [-0.4, -0.2) is 42.9 Å². The van der Waals surface area contributed by atoms with Gasteiger partial charge in [0, 0.05) is 31.2 Å². The molecule has 1 aromatic rings. The lowest BCUT2D eigenvalue weighted by Crippen LogP contribution is -2.45. The van der Waals surface area contributed by atoms with Crippen molar-refractivity contribution in [2.45, 2.75) is 57.4 Å². The van der Waals surface area contributed by atoms with E-state index in [0.717, 1.165) is 62.3 Å². The van der Waals surface area contributed by atoms with E-state index in [1.54, 1.807) is 0 Å². The Morgan fingerprint density at radius 3 is 2.43 bits per heavy atom. The molecule has 1 aromatic heterocycles. The molecule has 0 atom stereocenters. The Kier molecular flexibility index (Phi) is 4.07. The van der Waals surface area contributed by atoms with Gasteiger partial charge in [0.15, 0.2) is 0 Å². The van der Waals surface area contributed by atoms with Crippen molar-refractivity contribution in [2.24, 2.45) is 0 Å². The molecule has 118 valence electrons. The highest BCUT2D eigenvalue weighted by molar-refractivity contribution is 7.90. The maximum atomic E-state index is 11.9. The third-order valence-electron chi connectivity index (χ3n) is 4.44. The first-order valence-electron chi connectivity index (χ1n) is 7.61. The zero-order chi connectivity index (χ0) is 15.0. The predicted octanol–water partition coefficient (Wildman–Crippen LogP) is 1.34. The smallest absolute Gasteiger partial charge is 0.214 e. The van der Waals surface area contributed by atoms with Gasteiger partial charge in [0.25, 0.3) is 0 Å². The van der Waals surface area contributed by atoms with Gasteiger partial charge in [-0.1, -0.05) is 5.16 Å². The highest BCUT2D eigenvalue weighted by Crippen LogP contribution is 2.28. The Balaban J connectivity index is 1.51. The zero-order valence-corrected chi connectivity index (χ0v) is 13.4. The lowest BCUT2D eigenvalue weighted by molar-refractivity contribution is 0.198. The minimum Gasteiger partial charge on any atom is -0.361 e.